The van der Waals surface area contributed by atoms with Crippen LogP contribution in [0.2, 0.25) is 0 Å². The summed E-state index contributed by atoms with van der Waals surface area (Å²) in [6.45, 7) is 4.57. The van der Waals surface area contributed by atoms with Crippen molar-refractivity contribution in [2.45, 2.75) is 39.7 Å². The smallest absolute Gasteiger partial charge is 0.260 e. The van der Waals surface area contributed by atoms with Crippen LogP contribution in [0.25, 0.3) is 71.3 Å². The predicted molar refractivity (Wildman–Crippen MR) is 199 cm³/mol. The number of carbonyl (C=O) groups excluding carboxylic acids is 2. The number of hydrogen-bond donors (Lipinski definition) is 1. The number of nitrogens with two attached hydrogens (primary N) is 1. The van der Waals surface area contributed by atoms with Gasteiger partial charge in [-0.3, -0.25) is 14.2 Å². The number of allylic oxidation sites excluding steroid dienone is 3. The van der Waals surface area contributed by atoms with Crippen molar-refractivity contribution in [1.29, 1.82) is 0 Å². The lowest BCUT2D eigenvalue weighted by Crippen LogP contribution is -2.34. The van der Waals surface area contributed by atoms with Gasteiger partial charge in [-0.25, -0.2) is 4.98 Å². The predicted octanol–water partition coefficient (Wildman–Crippen LogP) is 9.21. The lowest BCUT2D eigenvalue weighted by molar-refractivity contribution is 0.0952. The molecule has 6 nitrogen and oxygen atoms in total. The third-order valence-electron chi connectivity index (χ3n) is 11.3. The molecule has 0 atom stereocenters. The number of anilines is 2. The molecule has 2 bridgehead atoms. The molecule has 11 rings (SSSR count). The number of benzene rings is 7. The fourth-order valence-electron chi connectivity index (χ4n) is 9.29. The Morgan fingerprint density at radius 1 is 0.816 bits per heavy atom. The minimum Gasteiger partial charge on any atom is -0.397 e. The van der Waals surface area contributed by atoms with Crippen LogP contribution in [0, 0.1) is 0 Å². The van der Waals surface area contributed by atoms with Gasteiger partial charge in [-0.05, 0) is 115 Å². The lowest BCUT2D eigenvalue weighted by atomic mass is 9.79. The zero-order valence-electron chi connectivity index (χ0n) is 27.1. The Hall–Kier alpha value is -6.01. The van der Waals surface area contributed by atoms with Crippen LogP contribution in [-0.4, -0.2) is 21.4 Å². The van der Waals surface area contributed by atoms with Crippen LogP contribution in [-0.2, 0) is 25.8 Å². The van der Waals surface area contributed by atoms with Crippen LogP contribution in [0.3, 0.4) is 0 Å². The van der Waals surface area contributed by atoms with Gasteiger partial charge in [-0.2, -0.15) is 0 Å². The normalized spacial score (nSPS) is 15.3. The molecule has 0 fully saturated rings. The van der Waals surface area contributed by atoms with E-state index in [1.807, 2.05) is 46.7 Å². The quantitative estimate of drug-likeness (QED) is 0.0906. The van der Waals surface area contributed by atoms with Crippen molar-refractivity contribution in [3.63, 3.8) is 0 Å². The monoisotopic (exact) mass is 634 g/mol. The lowest BCUT2D eigenvalue weighted by Gasteiger charge is -2.32. The fourth-order valence-corrected chi connectivity index (χ4v) is 9.29. The maximum absolute atomic E-state index is 14.6. The molecule has 0 saturated carbocycles. The van der Waals surface area contributed by atoms with Crippen LogP contribution in [0.1, 0.15) is 57.1 Å². The Morgan fingerprint density at radius 3 is 2.35 bits per heavy atom. The molecule has 6 heteroatoms. The maximum Gasteiger partial charge on any atom is 0.260 e. The number of amides is 1. The van der Waals surface area contributed by atoms with Crippen LogP contribution in [0.5, 0.6) is 0 Å². The van der Waals surface area contributed by atoms with E-state index in [4.69, 9.17) is 10.7 Å². The molecule has 3 aliphatic rings. The molecule has 0 radical (unpaired) electrons. The number of hydrogen-bond acceptors (Lipinski definition) is 4. The molecule has 1 amide bonds. The number of nitrogens with zero attached hydrogens (tertiary/aromatic N) is 3. The molecular formula is C43H30N4O2. The molecule has 0 saturated heterocycles. The number of aryl methyl sites for hydroxylation is 1. The molecule has 3 heterocycles. The third kappa shape index (κ3) is 3.19. The summed E-state index contributed by atoms with van der Waals surface area (Å²) in [6.07, 6.45) is 8.22. The summed E-state index contributed by atoms with van der Waals surface area (Å²) in [4.78, 5) is 36.1. The molecule has 2 N–H and O–H groups in total. The van der Waals surface area contributed by atoms with Gasteiger partial charge in [0.05, 0.1) is 29.3 Å². The molecule has 234 valence electrons. The van der Waals surface area contributed by atoms with Gasteiger partial charge in [0.25, 0.3) is 11.8 Å². The highest BCUT2D eigenvalue weighted by atomic mass is 16.2. The molecule has 1 aromatic heterocycles. The van der Waals surface area contributed by atoms with E-state index < -0.39 is 0 Å². The van der Waals surface area contributed by atoms with Crippen molar-refractivity contribution in [2.24, 2.45) is 0 Å². The van der Waals surface area contributed by atoms with Gasteiger partial charge in [0.1, 0.15) is 5.82 Å². The van der Waals surface area contributed by atoms with Crippen LogP contribution in [0.15, 0.2) is 84.5 Å². The van der Waals surface area contributed by atoms with E-state index in [2.05, 4.69) is 61.5 Å². The minimum atomic E-state index is -0.0370. The first kappa shape index (κ1) is 27.0. The van der Waals surface area contributed by atoms with E-state index in [1.54, 1.807) is 0 Å². The standard InChI is InChI=1S/C43H30N4O2/c1-3-5-9-33-31(4-2)45-41-28-17-23-13-12-22-16-26-20-46(32-10-7-6-8-30(32)44)43(49)29-18-24-14-11-21-15-25(42(48)47(33)41)19-27(28)39-35(21)38(24)40(34(26)29)37(22)36(23)39/h3,5-8,10-18H,4,9,19-20,44H2,1-2H3/b5-3-. The van der Waals surface area contributed by atoms with Crippen LogP contribution < -0.4 is 10.6 Å². The first-order valence-electron chi connectivity index (χ1n) is 17.1. The minimum absolute atomic E-state index is 0.00539. The average Bonchev–Trinajstić information content (AvgIpc) is 3.32. The number of nitrogen functional groups attached to an aromatic ring is 1. The highest BCUT2D eigenvalue weighted by molar-refractivity contribution is 6.44. The number of para-hydroxylation sites is 2. The van der Waals surface area contributed by atoms with Gasteiger partial charge in [0, 0.05) is 34.9 Å². The SMILES string of the molecule is C/C=C\Cc1c(CC)nc2n1C(=O)C1=Cc3ccc4cc5c6c(cc7ccc8cc-2c(c2c3c4c6c7c82)C1)CN(c1ccccc1N)C5=O. The van der Waals surface area contributed by atoms with Crippen LogP contribution in [0.4, 0.5) is 11.4 Å². The van der Waals surface area contributed by atoms with E-state index in [9.17, 15) is 9.59 Å². The highest BCUT2D eigenvalue weighted by Gasteiger charge is 2.36. The second kappa shape index (κ2) is 9.11. The van der Waals surface area contributed by atoms with E-state index in [-0.39, 0.29) is 11.8 Å². The topological polar surface area (TPSA) is 81.2 Å². The summed E-state index contributed by atoms with van der Waals surface area (Å²) in [5, 5.41) is 11.4. The molecule has 8 aromatic rings. The van der Waals surface area contributed by atoms with Gasteiger partial charge < -0.3 is 10.6 Å². The van der Waals surface area contributed by atoms with E-state index in [0.717, 1.165) is 89.5 Å². The first-order chi connectivity index (χ1) is 24.0. The molecule has 0 unspecified atom stereocenters. The maximum atomic E-state index is 14.6. The van der Waals surface area contributed by atoms with Gasteiger partial charge in [0.2, 0.25) is 0 Å². The van der Waals surface area contributed by atoms with Crippen molar-refractivity contribution >= 4 is 83.1 Å². The second-order valence-electron chi connectivity index (χ2n) is 13.8. The van der Waals surface area contributed by atoms with Gasteiger partial charge in [-0.1, -0.05) is 55.5 Å². The largest absolute Gasteiger partial charge is 0.397 e. The van der Waals surface area contributed by atoms with Crippen molar-refractivity contribution in [3.8, 4) is 11.4 Å². The summed E-state index contributed by atoms with van der Waals surface area (Å²) in [5.74, 6) is 0.714. The third-order valence-corrected chi connectivity index (χ3v) is 11.3. The van der Waals surface area contributed by atoms with Crippen molar-refractivity contribution < 1.29 is 9.59 Å². The van der Waals surface area contributed by atoms with Gasteiger partial charge in [-0.15, -0.1) is 0 Å². The van der Waals surface area contributed by atoms with Crippen molar-refractivity contribution in [3.05, 3.63) is 118 Å². The Kier molecular flexibility index (Phi) is 5.02. The molecule has 1 aliphatic carbocycles. The summed E-state index contributed by atoms with van der Waals surface area (Å²) in [7, 11) is 0. The Labute approximate surface area is 281 Å². The fraction of sp³-hybridized carbons (Fsp3) is 0.140. The number of carbonyl (C=O) groups is 2. The summed E-state index contributed by atoms with van der Waals surface area (Å²) in [5.41, 5.74) is 15.5. The second-order valence-corrected chi connectivity index (χ2v) is 13.8. The van der Waals surface area contributed by atoms with E-state index in [1.165, 1.54) is 21.5 Å². The summed E-state index contributed by atoms with van der Waals surface area (Å²) >= 11 is 0. The molecule has 7 aromatic carbocycles. The number of aromatic nitrogens is 2. The summed E-state index contributed by atoms with van der Waals surface area (Å²) < 4.78 is 1.90. The van der Waals surface area contributed by atoms with Crippen molar-refractivity contribution in [2.75, 3.05) is 10.6 Å². The zero-order valence-corrected chi connectivity index (χ0v) is 27.1. The number of fused-ring (bicyclic) bond motifs is 3. The zero-order chi connectivity index (χ0) is 32.9. The van der Waals surface area contributed by atoms with Gasteiger partial charge in [0.15, 0.2) is 0 Å². The number of rotatable bonds is 4. The Balaban J connectivity index is 1.31. The van der Waals surface area contributed by atoms with Gasteiger partial charge >= 0.3 is 0 Å². The Morgan fingerprint density at radius 2 is 1.55 bits per heavy atom. The summed E-state index contributed by atoms with van der Waals surface area (Å²) in [6, 6.07) is 22.9. The Bertz CT molecular complexity index is 2910. The number of imidazole rings is 1. The molecule has 2 aliphatic heterocycles. The molecule has 49 heavy (non-hydrogen) atoms. The average molecular weight is 635 g/mol. The van der Waals surface area contributed by atoms with E-state index >= 15 is 0 Å². The first-order valence-corrected chi connectivity index (χ1v) is 17.1. The van der Waals surface area contributed by atoms with E-state index in [0.29, 0.717) is 30.6 Å². The highest BCUT2D eigenvalue weighted by Crippen LogP contribution is 2.53. The molecular weight excluding hydrogens is 604 g/mol. The molecule has 0 spiro atoms. The van der Waals surface area contributed by atoms with Crippen LogP contribution >= 0.6 is 0 Å². The van der Waals surface area contributed by atoms with Crippen molar-refractivity contribution in [1.82, 2.24) is 9.55 Å².